The third-order valence-corrected chi connectivity index (χ3v) is 3.60. The van der Waals surface area contributed by atoms with Gasteiger partial charge >= 0.3 is 0 Å². The molecule has 2 heteroatoms. The van der Waals surface area contributed by atoms with Gasteiger partial charge in [-0.05, 0) is 25.3 Å². The van der Waals surface area contributed by atoms with Gasteiger partial charge in [0, 0.05) is 13.2 Å². The minimum absolute atomic E-state index is 0.542. The maximum absolute atomic E-state index is 5.83. The molecule has 0 spiro atoms. The molecule has 2 unspecified atom stereocenters. The lowest BCUT2D eigenvalue weighted by molar-refractivity contribution is 0.0810. The monoisotopic (exact) mass is 227 g/mol. The van der Waals surface area contributed by atoms with Crippen molar-refractivity contribution in [3.8, 4) is 0 Å². The van der Waals surface area contributed by atoms with Crippen molar-refractivity contribution in [2.75, 3.05) is 19.7 Å². The van der Waals surface area contributed by atoms with E-state index in [1.54, 1.807) is 0 Å². The van der Waals surface area contributed by atoms with Crippen LogP contribution in [0.3, 0.4) is 0 Å². The third kappa shape index (κ3) is 5.31. The SMILES string of the molecule is CCCCCCCC1OCCC1CNCC. The molecular formula is C14H29NO. The van der Waals surface area contributed by atoms with Gasteiger partial charge in [0.2, 0.25) is 0 Å². The molecule has 0 saturated carbocycles. The third-order valence-electron chi connectivity index (χ3n) is 3.60. The zero-order chi connectivity index (χ0) is 11.6. The van der Waals surface area contributed by atoms with Gasteiger partial charge in [0.1, 0.15) is 0 Å². The van der Waals surface area contributed by atoms with Crippen LogP contribution in [-0.4, -0.2) is 25.8 Å². The molecule has 96 valence electrons. The second kappa shape index (κ2) is 9.00. The smallest absolute Gasteiger partial charge is 0.0616 e. The van der Waals surface area contributed by atoms with Gasteiger partial charge in [-0.15, -0.1) is 0 Å². The predicted molar refractivity (Wildman–Crippen MR) is 69.8 cm³/mol. The first-order chi connectivity index (χ1) is 7.88. The normalized spacial score (nSPS) is 25.1. The van der Waals surface area contributed by atoms with Gasteiger partial charge in [0.05, 0.1) is 6.10 Å². The summed E-state index contributed by atoms with van der Waals surface area (Å²) < 4.78 is 5.83. The summed E-state index contributed by atoms with van der Waals surface area (Å²) in [7, 11) is 0. The topological polar surface area (TPSA) is 21.3 Å². The number of nitrogens with one attached hydrogen (secondary N) is 1. The van der Waals surface area contributed by atoms with Crippen LogP contribution in [0.1, 0.15) is 58.8 Å². The van der Waals surface area contributed by atoms with E-state index in [9.17, 15) is 0 Å². The summed E-state index contributed by atoms with van der Waals surface area (Å²) in [4.78, 5) is 0. The Morgan fingerprint density at radius 3 is 2.69 bits per heavy atom. The molecule has 1 saturated heterocycles. The van der Waals surface area contributed by atoms with Crippen molar-refractivity contribution in [1.82, 2.24) is 5.32 Å². The van der Waals surface area contributed by atoms with Crippen LogP contribution in [-0.2, 0) is 4.74 Å². The van der Waals surface area contributed by atoms with Crippen molar-refractivity contribution in [2.24, 2.45) is 5.92 Å². The van der Waals surface area contributed by atoms with Crippen LogP contribution in [0.2, 0.25) is 0 Å². The number of ether oxygens (including phenoxy) is 1. The maximum atomic E-state index is 5.83. The van der Waals surface area contributed by atoms with Gasteiger partial charge in [-0.25, -0.2) is 0 Å². The van der Waals surface area contributed by atoms with Crippen LogP contribution < -0.4 is 5.32 Å². The molecule has 2 nitrogen and oxygen atoms in total. The second-order valence-electron chi connectivity index (χ2n) is 4.97. The standard InChI is InChI=1S/C14H29NO/c1-3-5-6-7-8-9-14-13(10-11-16-14)12-15-4-2/h13-15H,3-12H2,1-2H3. The van der Waals surface area contributed by atoms with Crippen molar-refractivity contribution in [1.29, 1.82) is 0 Å². The lowest BCUT2D eigenvalue weighted by Crippen LogP contribution is -2.28. The first kappa shape index (κ1) is 14.0. The Kier molecular flexibility index (Phi) is 7.87. The fourth-order valence-electron chi connectivity index (χ4n) is 2.52. The van der Waals surface area contributed by atoms with Crippen molar-refractivity contribution in [2.45, 2.75) is 64.9 Å². The zero-order valence-corrected chi connectivity index (χ0v) is 11.1. The molecule has 0 aromatic rings. The molecule has 1 fully saturated rings. The number of hydrogen-bond donors (Lipinski definition) is 1. The van der Waals surface area contributed by atoms with Gasteiger partial charge in [-0.1, -0.05) is 46.0 Å². The van der Waals surface area contributed by atoms with Crippen molar-refractivity contribution >= 4 is 0 Å². The Balaban J connectivity index is 2.05. The first-order valence-corrected chi connectivity index (χ1v) is 7.20. The molecular weight excluding hydrogens is 198 g/mol. The lowest BCUT2D eigenvalue weighted by atomic mass is 9.96. The summed E-state index contributed by atoms with van der Waals surface area (Å²) in [5.41, 5.74) is 0. The zero-order valence-electron chi connectivity index (χ0n) is 11.1. The Morgan fingerprint density at radius 2 is 1.94 bits per heavy atom. The van der Waals surface area contributed by atoms with Crippen LogP contribution in [0, 0.1) is 5.92 Å². The minimum atomic E-state index is 0.542. The summed E-state index contributed by atoms with van der Waals surface area (Å²) >= 11 is 0. The molecule has 0 radical (unpaired) electrons. The summed E-state index contributed by atoms with van der Waals surface area (Å²) in [5, 5.41) is 3.45. The molecule has 1 aliphatic rings. The summed E-state index contributed by atoms with van der Waals surface area (Å²) in [6.45, 7) is 7.66. The van der Waals surface area contributed by atoms with E-state index in [1.165, 1.54) is 44.9 Å². The predicted octanol–water partition coefficient (Wildman–Crippen LogP) is 3.36. The van der Waals surface area contributed by atoms with Crippen LogP contribution >= 0.6 is 0 Å². The maximum Gasteiger partial charge on any atom is 0.0616 e. The average molecular weight is 227 g/mol. The van der Waals surface area contributed by atoms with Crippen molar-refractivity contribution in [3.05, 3.63) is 0 Å². The quantitative estimate of drug-likeness (QED) is 0.610. The van der Waals surface area contributed by atoms with Crippen molar-refractivity contribution in [3.63, 3.8) is 0 Å². The molecule has 1 rings (SSSR count). The molecule has 0 aromatic heterocycles. The van der Waals surface area contributed by atoms with E-state index in [4.69, 9.17) is 4.74 Å². The highest BCUT2D eigenvalue weighted by molar-refractivity contribution is 4.77. The molecule has 16 heavy (non-hydrogen) atoms. The van der Waals surface area contributed by atoms with Crippen LogP contribution in [0.4, 0.5) is 0 Å². The fraction of sp³-hybridized carbons (Fsp3) is 1.00. The number of hydrogen-bond acceptors (Lipinski definition) is 2. The van der Waals surface area contributed by atoms with E-state index < -0.39 is 0 Å². The highest BCUT2D eigenvalue weighted by atomic mass is 16.5. The van der Waals surface area contributed by atoms with Crippen LogP contribution in [0.5, 0.6) is 0 Å². The molecule has 0 aromatic carbocycles. The van der Waals surface area contributed by atoms with Crippen LogP contribution in [0.15, 0.2) is 0 Å². The summed E-state index contributed by atoms with van der Waals surface area (Å²) in [6.07, 6.45) is 9.96. The highest BCUT2D eigenvalue weighted by Gasteiger charge is 2.26. The van der Waals surface area contributed by atoms with Crippen LogP contribution in [0.25, 0.3) is 0 Å². The van der Waals surface area contributed by atoms with Gasteiger partial charge in [-0.3, -0.25) is 0 Å². The average Bonchev–Trinajstić information content (AvgIpc) is 2.74. The Bertz CT molecular complexity index is 161. The molecule has 1 heterocycles. The molecule has 0 aliphatic carbocycles. The number of rotatable bonds is 9. The van der Waals surface area contributed by atoms with Gasteiger partial charge < -0.3 is 10.1 Å². The lowest BCUT2D eigenvalue weighted by Gasteiger charge is -2.18. The molecule has 0 bridgehead atoms. The Labute approximate surface area is 101 Å². The van der Waals surface area contributed by atoms with E-state index in [0.29, 0.717) is 6.10 Å². The highest BCUT2D eigenvalue weighted by Crippen LogP contribution is 2.24. The summed E-state index contributed by atoms with van der Waals surface area (Å²) in [5.74, 6) is 0.770. The minimum Gasteiger partial charge on any atom is -0.378 e. The first-order valence-electron chi connectivity index (χ1n) is 7.20. The number of unbranched alkanes of at least 4 members (excludes halogenated alkanes) is 4. The molecule has 1 N–H and O–H groups in total. The summed E-state index contributed by atoms with van der Waals surface area (Å²) in [6, 6.07) is 0. The van der Waals surface area contributed by atoms with E-state index in [1.807, 2.05) is 0 Å². The van der Waals surface area contributed by atoms with Gasteiger partial charge in [0.25, 0.3) is 0 Å². The largest absolute Gasteiger partial charge is 0.378 e. The van der Waals surface area contributed by atoms with Gasteiger partial charge in [0.15, 0.2) is 0 Å². The van der Waals surface area contributed by atoms with E-state index in [-0.39, 0.29) is 0 Å². The van der Waals surface area contributed by atoms with E-state index >= 15 is 0 Å². The Morgan fingerprint density at radius 1 is 1.12 bits per heavy atom. The van der Waals surface area contributed by atoms with E-state index in [2.05, 4.69) is 19.2 Å². The second-order valence-corrected chi connectivity index (χ2v) is 4.97. The van der Waals surface area contributed by atoms with E-state index in [0.717, 1.165) is 25.6 Å². The Hall–Kier alpha value is -0.0800. The fourth-order valence-corrected chi connectivity index (χ4v) is 2.52. The van der Waals surface area contributed by atoms with Crippen molar-refractivity contribution < 1.29 is 4.74 Å². The van der Waals surface area contributed by atoms with Gasteiger partial charge in [-0.2, -0.15) is 0 Å². The molecule has 2 atom stereocenters. The molecule has 0 amide bonds. The molecule has 1 aliphatic heterocycles.